The Morgan fingerprint density at radius 2 is 2.10 bits per heavy atom. The number of methoxy groups -OCH3 is 1. The summed E-state index contributed by atoms with van der Waals surface area (Å²) in [7, 11) is 1.19. The third kappa shape index (κ3) is 4.51. The average molecular weight is 450 g/mol. The number of imide groups is 1. The molecule has 1 aliphatic rings. The maximum Gasteiger partial charge on any atom is 0.373 e. The number of nitrogens with zero attached hydrogens (tertiary/aromatic N) is 2. The number of esters is 1. The van der Waals surface area contributed by atoms with Crippen LogP contribution in [0, 0.1) is 10.1 Å². The summed E-state index contributed by atoms with van der Waals surface area (Å²) in [5, 5.41) is 13.7. The topological polar surface area (TPSA) is 141 Å². The number of carbonyl (C=O) groups excluding carboxylic acids is 3. The van der Waals surface area contributed by atoms with Crippen molar-refractivity contribution in [3.05, 3.63) is 62.2 Å². The third-order valence-electron chi connectivity index (χ3n) is 4.17. The normalized spacial score (nSPS) is 14.7. The lowest BCUT2D eigenvalue weighted by Gasteiger charge is -2.09. The van der Waals surface area contributed by atoms with Gasteiger partial charge >= 0.3 is 17.7 Å². The number of benzene rings is 1. The Kier molecular flexibility index (Phi) is 6.25. The van der Waals surface area contributed by atoms with E-state index >= 15 is 0 Å². The molecule has 2 heterocycles. The predicted octanol–water partition coefficient (Wildman–Crippen LogP) is 3.12. The molecule has 1 aliphatic heterocycles. The molecular formula is C19H16ClN3O8. The number of halogens is 1. The molecule has 3 rings (SSSR count). The fourth-order valence-corrected chi connectivity index (χ4v) is 3.09. The minimum absolute atomic E-state index is 0.0116. The van der Waals surface area contributed by atoms with Gasteiger partial charge in [-0.15, -0.1) is 0 Å². The summed E-state index contributed by atoms with van der Waals surface area (Å²) in [4.78, 5) is 47.9. The summed E-state index contributed by atoms with van der Waals surface area (Å²) in [6.07, 6.45) is 1.26. The molecule has 1 fully saturated rings. The molecule has 1 aromatic carbocycles. The number of urea groups is 1. The van der Waals surface area contributed by atoms with Crippen LogP contribution in [0.4, 0.5) is 10.5 Å². The number of carbonyl (C=O) groups is 3. The third-order valence-corrected chi connectivity index (χ3v) is 4.45. The highest BCUT2D eigenvalue weighted by Gasteiger charge is 2.34. The van der Waals surface area contributed by atoms with E-state index in [9.17, 15) is 24.5 Å². The second-order valence-corrected chi connectivity index (χ2v) is 6.59. The largest absolute Gasteiger partial charge is 0.486 e. The minimum atomic E-state index is -0.723. The Morgan fingerprint density at radius 1 is 1.35 bits per heavy atom. The van der Waals surface area contributed by atoms with Crippen LogP contribution in [-0.4, -0.2) is 41.4 Å². The summed E-state index contributed by atoms with van der Waals surface area (Å²) < 4.78 is 15.0. The lowest BCUT2D eigenvalue weighted by molar-refractivity contribution is -0.385. The van der Waals surface area contributed by atoms with E-state index in [4.69, 9.17) is 20.8 Å². The van der Waals surface area contributed by atoms with Crippen molar-refractivity contribution < 1.29 is 33.2 Å². The molecule has 12 heteroatoms. The number of nitro benzene ring substituents is 1. The molecule has 0 bridgehead atoms. The highest BCUT2D eigenvalue weighted by Crippen LogP contribution is 2.37. The number of ether oxygens (including phenoxy) is 2. The van der Waals surface area contributed by atoms with Gasteiger partial charge in [-0.1, -0.05) is 11.6 Å². The van der Waals surface area contributed by atoms with Crippen LogP contribution in [0.15, 0.2) is 34.4 Å². The van der Waals surface area contributed by atoms with Gasteiger partial charge in [0.25, 0.3) is 5.91 Å². The summed E-state index contributed by atoms with van der Waals surface area (Å²) in [5.74, 6) is -1.35. The van der Waals surface area contributed by atoms with Crippen LogP contribution in [0.3, 0.4) is 0 Å². The predicted molar refractivity (Wildman–Crippen MR) is 106 cm³/mol. The molecule has 1 N–H and O–H groups in total. The van der Waals surface area contributed by atoms with E-state index in [0.29, 0.717) is 0 Å². The van der Waals surface area contributed by atoms with Crippen LogP contribution in [0.25, 0.3) is 6.08 Å². The summed E-state index contributed by atoms with van der Waals surface area (Å²) in [5.41, 5.74) is -0.267. The van der Waals surface area contributed by atoms with Gasteiger partial charge in [-0.05, 0) is 36.8 Å². The molecule has 0 unspecified atom stereocenters. The van der Waals surface area contributed by atoms with Crippen molar-refractivity contribution in [2.45, 2.75) is 13.5 Å². The quantitative estimate of drug-likeness (QED) is 0.223. The lowest BCUT2D eigenvalue weighted by Crippen LogP contribution is -2.30. The fourth-order valence-electron chi connectivity index (χ4n) is 2.82. The fraction of sp³-hybridized carbons (Fsp3) is 0.211. The van der Waals surface area contributed by atoms with Gasteiger partial charge in [-0.2, -0.15) is 0 Å². The maximum atomic E-state index is 12.6. The Hall–Kier alpha value is -3.86. The molecule has 0 radical (unpaired) electrons. The van der Waals surface area contributed by atoms with Crippen molar-refractivity contribution >= 4 is 41.3 Å². The first-order valence-electron chi connectivity index (χ1n) is 8.87. The second kappa shape index (κ2) is 8.88. The Morgan fingerprint density at radius 3 is 2.74 bits per heavy atom. The van der Waals surface area contributed by atoms with Crippen LogP contribution in [0.2, 0.25) is 5.02 Å². The van der Waals surface area contributed by atoms with Gasteiger partial charge in [0, 0.05) is 6.07 Å². The van der Waals surface area contributed by atoms with Crippen LogP contribution < -0.4 is 10.1 Å². The number of amides is 3. The molecule has 31 heavy (non-hydrogen) atoms. The minimum Gasteiger partial charge on any atom is -0.486 e. The van der Waals surface area contributed by atoms with Crippen molar-refractivity contribution in [2.24, 2.45) is 0 Å². The molecule has 3 amide bonds. The average Bonchev–Trinajstić information content (AvgIpc) is 3.29. The highest BCUT2D eigenvalue weighted by molar-refractivity contribution is 6.32. The monoisotopic (exact) mass is 449 g/mol. The number of nitrogens with one attached hydrogen (secondary N) is 1. The SMILES string of the molecule is CCOc1c(Cl)cc(C=C2NC(=O)N(Cc3ccc(C(=O)OC)o3)C2=O)cc1[N+](=O)[O-]. The molecule has 0 saturated carbocycles. The van der Waals surface area contributed by atoms with Crippen LogP contribution in [0.1, 0.15) is 28.8 Å². The van der Waals surface area contributed by atoms with Crippen LogP contribution in [0.5, 0.6) is 5.75 Å². The van der Waals surface area contributed by atoms with Crippen LogP contribution in [-0.2, 0) is 16.1 Å². The first-order valence-corrected chi connectivity index (χ1v) is 9.25. The van der Waals surface area contributed by atoms with E-state index in [1.165, 1.54) is 37.5 Å². The summed E-state index contributed by atoms with van der Waals surface area (Å²) in [6.45, 7) is 1.60. The highest BCUT2D eigenvalue weighted by atomic mass is 35.5. The molecule has 0 aliphatic carbocycles. The Balaban J connectivity index is 1.85. The van der Waals surface area contributed by atoms with Gasteiger partial charge in [0.2, 0.25) is 11.5 Å². The first kappa shape index (κ1) is 21.8. The van der Waals surface area contributed by atoms with E-state index in [2.05, 4.69) is 10.1 Å². The Bertz CT molecular complexity index is 1110. The Labute approximate surface area is 180 Å². The molecule has 162 valence electrons. The molecule has 2 aromatic rings. The van der Waals surface area contributed by atoms with Crippen molar-refractivity contribution in [1.29, 1.82) is 0 Å². The molecular weight excluding hydrogens is 434 g/mol. The van der Waals surface area contributed by atoms with Gasteiger partial charge in [0.05, 0.1) is 30.2 Å². The molecule has 11 nitrogen and oxygen atoms in total. The number of furan rings is 1. The lowest BCUT2D eigenvalue weighted by atomic mass is 10.1. The van der Waals surface area contributed by atoms with Gasteiger partial charge in [0.15, 0.2) is 0 Å². The number of nitro groups is 1. The van der Waals surface area contributed by atoms with Gasteiger partial charge < -0.3 is 19.2 Å². The number of rotatable bonds is 7. The van der Waals surface area contributed by atoms with Crippen molar-refractivity contribution in [2.75, 3.05) is 13.7 Å². The van der Waals surface area contributed by atoms with Crippen LogP contribution >= 0.6 is 11.6 Å². The van der Waals surface area contributed by atoms with Crippen molar-refractivity contribution in [3.8, 4) is 5.75 Å². The summed E-state index contributed by atoms with van der Waals surface area (Å²) in [6, 6.07) is 4.63. The van der Waals surface area contributed by atoms with E-state index in [-0.39, 0.29) is 52.4 Å². The standard InChI is InChI=1S/C19H16ClN3O8/c1-3-30-16-12(20)6-10(8-14(16)23(27)28)7-13-17(24)22(19(26)21-13)9-11-4-5-15(31-11)18(25)29-2/h4-8H,3,9H2,1-2H3,(H,21,26). The first-order chi connectivity index (χ1) is 14.7. The molecule has 0 atom stereocenters. The maximum absolute atomic E-state index is 12.6. The summed E-state index contributed by atoms with van der Waals surface area (Å²) >= 11 is 6.09. The van der Waals surface area contributed by atoms with Gasteiger partial charge in [-0.3, -0.25) is 19.8 Å². The molecule has 0 spiro atoms. The van der Waals surface area contributed by atoms with E-state index in [1.807, 2.05) is 0 Å². The zero-order valence-electron chi connectivity index (χ0n) is 16.3. The molecule has 1 saturated heterocycles. The van der Waals surface area contributed by atoms with E-state index in [0.717, 1.165) is 4.90 Å². The van der Waals surface area contributed by atoms with Gasteiger partial charge in [0.1, 0.15) is 11.5 Å². The van der Waals surface area contributed by atoms with Crippen molar-refractivity contribution in [1.82, 2.24) is 10.2 Å². The number of hydrogen-bond donors (Lipinski definition) is 1. The van der Waals surface area contributed by atoms with Gasteiger partial charge in [-0.25, -0.2) is 9.59 Å². The molecule has 1 aromatic heterocycles. The smallest absolute Gasteiger partial charge is 0.373 e. The zero-order valence-corrected chi connectivity index (χ0v) is 17.1. The zero-order chi connectivity index (χ0) is 22.7. The van der Waals surface area contributed by atoms with Crippen molar-refractivity contribution in [3.63, 3.8) is 0 Å². The van der Waals surface area contributed by atoms with E-state index < -0.39 is 22.8 Å². The van der Waals surface area contributed by atoms with E-state index in [1.54, 1.807) is 6.92 Å². The second-order valence-electron chi connectivity index (χ2n) is 6.18. The number of hydrogen-bond acceptors (Lipinski definition) is 8.